The first-order valence-corrected chi connectivity index (χ1v) is 12.3. The fourth-order valence-corrected chi connectivity index (χ4v) is 4.25. The monoisotopic (exact) mass is 536 g/mol. The molecule has 0 aliphatic heterocycles. The van der Waals surface area contributed by atoms with Crippen LogP contribution in [0.3, 0.4) is 0 Å². The van der Waals surface area contributed by atoms with E-state index >= 15 is 0 Å². The van der Waals surface area contributed by atoms with Crippen LogP contribution in [0.2, 0.25) is 20.1 Å². The summed E-state index contributed by atoms with van der Waals surface area (Å²) in [5, 5.41) is 4.45. The van der Waals surface area contributed by atoms with Crippen molar-refractivity contribution in [1.82, 2.24) is 10.2 Å². The van der Waals surface area contributed by atoms with Crippen LogP contribution in [-0.2, 0) is 29.0 Å². The SMILES string of the molecule is CCNC(=O)[C@H](Cc1ccccc1)N(Cc1ccc(Cl)c(Cl)c1)C(=O)Cc1ccc(Cl)c(Cl)c1. The third kappa shape index (κ3) is 7.13. The molecule has 1 N–H and O–H groups in total. The fraction of sp³-hybridized carbons (Fsp3) is 0.231. The van der Waals surface area contributed by atoms with Gasteiger partial charge in [0.2, 0.25) is 11.8 Å². The van der Waals surface area contributed by atoms with Crippen LogP contribution in [0.25, 0.3) is 0 Å². The Morgan fingerprint density at radius 1 is 0.794 bits per heavy atom. The Morgan fingerprint density at radius 2 is 1.38 bits per heavy atom. The molecule has 0 aliphatic carbocycles. The lowest BCUT2D eigenvalue weighted by Gasteiger charge is -2.31. The van der Waals surface area contributed by atoms with Crippen molar-refractivity contribution >= 4 is 58.2 Å². The molecule has 3 rings (SSSR count). The summed E-state index contributed by atoms with van der Waals surface area (Å²) in [5.74, 6) is -0.453. The minimum absolute atomic E-state index is 0.0584. The van der Waals surface area contributed by atoms with Crippen molar-refractivity contribution < 1.29 is 9.59 Å². The number of hydrogen-bond acceptors (Lipinski definition) is 2. The molecular weight excluding hydrogens is 514 g/mol. The standard InChI is InChI=1S/C26H24Cl4N2O2/c1-2-31-26(34)24(14-17-6-4-3-5-7-17)32(16-19-9-11-21(28)23(30)13-19)25(33)15-18-8-10-20(27)22(29)12-18/h3-13,24H,2,14-16H2,1H3,(H,31,34)/t24-/m0/s1. The van der Waals surface area contributed by atoms with Crippen LogP contribution in [0.4, 0.5) is 0 Å². The van der Waals surface area contributed by atoms with E-state index in [0.717, 1.165) is 11.1 Å². The van der Waals surface area contributed by atoms with Gasteiger partial charge >= 0.3 is 0 Å². The summed E-state index contributed by atoms with van der Waals surface area (Å²) in [6.45, 7) is 2.48. The lowest BCUT2D eigenvalue weighted by molar-refractivity contribution is -0.140. The number of carbonyl (C=O) groups excluding carboxylic acids is 2. The molecule has 178 valence electrons. The Bertz CT molecular complexity index is 1150. The molecule has 1 atom stereocenters. The van der Waals surface area contributed by atoms with Crippen LogP contribution in [-0.4, -0.2) is 29.3 Å². The fourth-order valence-electron chi connectivity index (χ4n) is 3.61. The first-order chi connectivity index (χ1) is 16.3. The van der Waals surface area contributed by atoms with E-state index in [0.29, 0.717) is 38.6 Å². The van der Waals surface area contributed by atoms with Gasteiger partial charge in [0.1, 0.15) is 6.04 Å². The summed E-state index contributed by atoms with van der Waals surface area (Å²) >= 11 is 24.5. The zero-order valence-corrected chi connectivity index (χ0v) is 21.6. The highest BCUT2D eigenvalue weighted by molar-refractivity contribution is 6.42. The summed E-state index contributed by atoms with van der Waals surface area (Å²) < 4.78 is 0. The zero-order valence-electron chi connectivity index (χ0n) is 18.5. The normalized spacial score (nSPS) is 11.7. The van der Waals surface area contributed by atoms with E-state index in [1.54, 1.807) is 41.3 Å². The molecule has 0 spiro atoms. The maximum absolute atomic E-state index is 13.6. The number of amides is 2. The average molecular weight is 538 g/mol. The molecule has 4 nitrogen and oxygen atoms in total. The second kappa shape index (κ2) is 12.5. The average Bonchev–Trinajstić information content (AvgIpc) is 2.81. The predicted molar refractivity (Wildman–Crippen MR) is 140 cm³/mol. The molecule has 0 aromatic heterocycles. The molecule has 0 saturated carbocycles. The van der Waals surface area contributed by atoms with E-state index in [2.05, 4.69) is 5.32 Å². The number of benzene rings is 3. The Labute approximate surface area is 219 Å². The largest absolute Gasteiger partial charge is 0.355 e. The summed E-state index contributed by atoms with van der Waals surface area (Å²) in [4.78, 5) is 28.4. The van der Waals surface area contributed by atoms with Gasteiger partial charge in [-0.1, -0.05) is 88.9 Å². The molecule has 0 fully saturated rings. The molecule has 0 radical (unpaired) electrons. The van der Waals surface area contributed by atoms with E-state index in [-0.39, 0.29) is 24.8 Å². The molecule has 0 unspecified atom stereocenters. The second-order valence-corrected chi connectivity index (χ2v) is 9.42. The highest BCUT2D eigenvalue weighted by Gasteiger charge is 2.30. The number of halogens is 4. The van der Waals surface area contributed by atoms with Gasteiger partial charge in [0.25, 0.3) is 0 Å². The van der Waals surface area contributed by atoms with Gasteiger partial charge in [-0.2, -0.15) is 0 Å². The summed E-state index contributed by atoms with van der Waals surface area (Å²) in [6.07, 6.45) is 0.421. The maximum Gasteiger partial charge on any atom is 0.243 e. The molecule has 3 aromatic carbocycles. The van der Waals surface area contributed by atoms with E-state index in [1.165, 1.54) is 0 Å². The summed E-state index contributed by atoms with van der Waals surface area (Å²) in [5.41, 5.74) is 2.41. The van der Waals surface area contributed by atoms with Crippen LogP contribution in [0.5, 0.6) is 0 Å². The Morgan fingerprint density at radius 3 is 1.97 bits per heavy atom. The van der Waals surface area contributed by atoms with Crippen LogP contribution in [0, 0.1) is 0 Å². The number of nitrogens with one attached hydrogen (secondary N) is 1. The molecule has 0 aliphatic rings. The quantitative estimate of drug-likeness (QED) is 0.333. The van der Waals surface area contributed by atoms with E-state index in [9.17, 15) is 9.59 Å². The Balaban J connectivity index is 1.98. The minimum atomic E-state index is -0.730. The molecule has 34 heavy (non-hydrogen) atoms. The van der Waals surface area contributed by atoms with Crippen molar-refractivity contribution in [3.8, 4) is 0 Å². The van der Waals surface area contributed by atoms with Gasteiger partial charge in [0.05, 0.1) is 26.5 Å². The van der Waals surface area contributed by atoms with Crippen LogP contribution >= 0.6 is 46.4 Å². The number of likely N-dealkylation sites (N-methyl/N-ethyl adjacent to an activating group) is 1. The van der Waals surface area contributed by atoms with Gasteiger partial charge in [-0.15, -0.1) is 0 Å². The first-order valence-electron chi connectivity index (χ1n) is 10.8. The van der Waals surface area contributed by atoms with Crippen molar-refractivity contribution in [3.63, 3.8) is 0 Å². The van der Waals surface area contributed by atoms with Crippen molar-refractivity contribution in [2.24, 2.45) is 0 Å². The number of rotatable bonds is 9. The number of nitrogens with zero attached hydrogens (tertiary/aromatic N) is 1. The summed E-state index contributed by atoms with van der Waals surface area (Å²) in [6, 6.07) is 19.1. The maximum atomic E-state index is 13.6. The van der Waals surface area contributed by atoms with E-state index in [4.69, 9.17) is 46.4 Å². The third-order valence-corrected chi connectivity index (χ3v) is 6.78. The van der Waals surface area contributed by atoms with Gasteiger partial charge in [-0.3, -0.25) is 9.59 Å². The topological polar surface area (TPSA) is 49.4 Å². The minimum Gasteiger partial charge on any atom is -0.355 e. The highest BCUT2D eigenvalue weighted by Crippen LogP contribution is 2.26. The van der Waals surface area contributed by atoms with E-state index < -0.39 is 6.04 Å². The number of carbonyl (C=O) groups is 2. The van der Waals surface area contributed by atoms with Crippen molar-refractivity contribution in [1.29, 1.82) is 0 Å². The van der Waals surface area contributed by atoms with Crippen LogP contribution in [0.15, 0.2) is 66.7 Å². The van der Waals surface area contributed by atoms with Gasteiger partial charge in [-0.05, 0) is 47.9 Å². The molecule has 3 aromatic rings. The lowest BCUT2D eigenvalue weighted by Crippen LogP contribution is -2.50. The molecular formula is C26H24Cl4N2O2. The second-order valence-electron chi connectivity index (χ2n) is 7.80. The lowest BCUT2D eigenvalue weighted by atomic mass is 10.0. The summed E-state index contributed by atoms with van der Waals surface area (Å²) in [7, 11) is 0. The molecule has 0 heterocycles. The predicted octanol–water partition coefficient (Wildman–Crippen LogP) is 6.62. The molecule has 0 saturated heterocycles. The molecule has 8 heteroatoms. The van der Waals surface area contributed by atoms with Crippen LogP contribution < -0.4 is 5.32 Å². The molecule has 0 bridgehead atoms. The van der Waals surface area contributed by atoms with Gasteiger partial charge < -0.3 is 10.2 Å². The van der Waals surface area contributed by atoms with Crippen LogP contribution in [0.1, 0.15) is 23.6 Å². The number of hydrogen-bond donors (Lipinski definition) is 1. The Hall–Kier alpha value is -2.24. The van der Waals surface area contributed by atoms with Crippen molar-refractivity contribution in [2.45, 2.75) is 32.4 Å². The molecule has 2 amide bonds. The van der Waals surface area contributed by atoms with Gasteiger partial charge in [-0.25, -0.2) is 0 Å². The van der Waals surface area contributed by atoms with Crippen molar-refractivity contribution in [3.05, 3.63) is 104 Å². The van der Waals surface area contributed by atoms with E-state index in [1.807, 2.05) is 37.3 Å². The third-order valence-electron chi connectivity index (χ3n) is 5.30. The zero-order chi connectivity index (χ0) is 24.7. The van der Waals surface area contributed by atoms with Gasteiger partial charge in [0, 0.05) is 19.5 Å². The smallest absolute Gasteiger partial charge is 0.243 e. The first kappa shape index (κ1) is 26.4. The van der Waals surface area contributed by atoms with Gasteiger partial charge in [0.15, 0.2) is 0 Å². The Kier molecular flexibility index (Phi) is 9.66. The van der Waals surface area contributed by atoms with Crippen molar-refractivity contribution in [2.75, 3.05) is 6.54 Å². The highest BCUT2D eigenvalue weighted by atomic mass is 35.5.